The second kappa shape index (κ2) is 8.07. The molecule has 0 amide bonds. The van der Waals surface area contributed by atoms with Gasteiger partial charge in [0.25, 0.3) is 10.2 Å². The van der Waals surface area contributed by atoms with Crippen molar-refractivity contribution in [3.63, 3.8) is 0 Å². The first-order valence-corrected chi connectivity index (χ1v) is 9.96. The van der Waals surface area contributed by atoms with E-state index in [4.69, 9.17) is 9.47 Å². The van der Waals surface area contributed by atoms with E-state index in [1.165, 1.54) is 4.31 Å². The highest BCUT2D eigenvalue weighted by molar-refractivity contribution is 7.87. The number of benzene rings is 2. The van der Waals surface area contributed by atoms with Crippen molar-refractivity contribution >= 4 is 10.2 Å². The summed E-state index contributed by atoms with van der Waals surface area (Å²) in [6.45, 7) is 1.15. The van der Waals surface area contributed by atoms with Crippen LogP contribution in [0.3, 0.4) is 0 Å². The highest BCUT2D eigenvalue weighted by Gasteiger charge is 2.24. The van der Waals surface area contributed by atoms with Crippen LogP contribution in [-0.4, -0.2) is 40.0 Å². The fourth-order valence-corrected chi connectivity index (χ4v) is 3.92. The van der Waals surface area contributed by atoms with Crippen molar-refractivity contribution in [2.75, 3.05) is 27.3 Å². The van der Waals surface area contributed by atoms with Crippen LogP contribution in [0.25, 0.3) is 0 Å². The number of rotatable bonds is 7. The first kappa shape index (κ1) is 18.7. The van der Waals surface area contributed by atoms with Gasteiger partial charge in [-0.15, -0.1) is 0 Å². The third-order valence-corrected chi connectivity index (χ3v) is 5.95. The first-order valence-electron chi connectivity index (χ1n) is 8.52. The third-order valence-electron chi connectivity index (χ3n) is 4.47. The van der Waals surface area contributed by atoms with Crippen molar-refractivity contribution < 1.29 is 17.9 Å². The summed E-state index contributed by atoms with van der Waals surface area (Å²) in [5, 5.41) is 0. The topological polar surface area (TPSA) is 67.9 Å². The van der Waals surface area contributed by atoms with Gasteiger partial charge in [0.1, 0.15) is 11.5 Å². The molecule has 0 bridgehead atoms. The number of fused-ring (bicyclic) bond motifs is 1. The molecule has 7 heteroatoms. The monoisotopic (exact) mass is 376 g/mol. The number of methoxy groups -OCH3 is 1. The Morgan fingerprint density at radius 1 is 1.23 bits per heavy atom. The van der Waals surface area contributed by atoms with E-state index in [1.54, 1.807) is 14.2 Å². The molecule has 0 unspecified atom stereocenters. The number of ether oxygens (including phenoxy) is 2. The van der Waals surface area contributed by atoms with Gasteiger partial charge in [-0.1, -0.05) is 36.4 Å². The van der Waals surface area contributed by atoms with Gasteiger partial charge in [-0.3, -0.25) is 0 Å². The average molecular weight is 376 g/mol. The van der Waals surface area contributed by atoms with Gasteiger partial charge < -0.3 is 9.47 Å². The van der Waals surface area contributed by atoms with Gasteiger partial charge in [-0.05, 0) is 23.6 Å². The Morgan fingerprint density at radius 2 is 2.00 bits per heavy atom. The summed E-state index contributed by atoms with van der Waals surface area (Å²) in [5.74, 6) is 1.66. The van der Waals surface area contributed by atoms with Gasteiger partial charge in [-0.2, -0.15) is 12.7 Å². The molecule has 1 aliphatic rings. The SMILES string of the molecule is COc1ccc2c(c1)OC[C@H](CNS(=O)(=O)N(C)Cc1ccccc1)C2. The van der Waals surface area contributed by atoms with Crippen molar-refractivity contribution in [2.24, 2.45) is 5.92 Å². The van der Waals surface area contributed by atoms with Gasteiger partial charge in [0.15, 0.2) is 0 Å². The molecule has 0 saturated heterocycles. The molecule has 140 valence electrons. The van der Waals surface area contributed by atoms with Crippen LogP contribution in [0.15, 0.2) is 48.5 Å². The fourth-order valence-electron chi connectivity index (χ4n) is 2.93. The van der Waals surface area contributed by atoms with E-state index in [2.05, 4.69) is 4.72 Å². The molecule has 0 fully saturated rings. The zero-order valence-corrected chi connectivity index (χ0v) is 15.8. The van der Waals surface area contributed by atoms with Crippen LogP contribution in [0.4, 0.5) is 0 Å². The summed E-state index contributed by atoms with van der Waals surface area (Å²) in [5.41, 5.74) is 2.02. The number of nitrogens with zero attached hydrogens (tertiary/aromatic N) is 1. The van der Waals surface area contributed by atoms with E-state index in [1.807, 2.05) is 48.5 Å². The van der Waals surface area contributed by atoms with E-state index in [0.717, 1.165) is 29.0 Å². The van der Waals surface area contributed by atoms with E-state index in [-0.39, 0.29) is 5.92 Å². The molecule has 0 aliphatic carbocycles. The van der Waals surface area contributed by atoms with Crippen molar-refractivity contribution in [1.82, 2.24) is 9.03 Å². The molecule has 1 aliphatic heterocycles. The second-order valence-electron chi connectivity index (χ2n) is 6.45. The summed E-state index contributed by atoms with van der Waals surface area (Å²) < 4.78 is 39.9. The Labute approximate surface area is 154 Å². The lowest BCUT2D eigenvalue weighted by molar-refractivity contribution is 0.221. The zero-order valence-electron chi connectivity index (χ0n) is 15.0. The quantitative estimate of drug-likeness (QED) is 0.805. The molecule has 2 aromatic rings. The third kappa shape index (κ3) is 4.55. The van der Waals surface area contributed by atoms with Gasteiger partial charge >= 0.3 is 0 Å². The Hall–Kier alpha value is -2.09. The van der Waals surface area contributed by atoms with Crippen LogP contribution in [0.2, 0.25) is 0 Å². The molecule has 0 spiro atoms. The standard InChI is InChI=1S/C19H24N2O4S/c1-21(13-15-6-4-3-5-7-15)26(22,23)20-12-16-10-17-8-9-18(24-2)11-19(17)25-14-16/h3-9,11,16,20H,10,12-14H2,1-2H3/t16-/m0/s1. The Kier molecular flexibility index (Phi) is 5.80. The van der Waals surface area contributed by atoms with Crippen LogP contribution in [0.5, 0.6) is 11.5 Å². The largest absolute Gasteiger partial charge is 0.497 e. The minimum atomic E-state index is -3.54. The number of hydrogen-bond acceptors (Lipinski definition) is 4. The second-order valence-corrected chi connectivity index (χ2v) is 8.31. The lowest BCUT2D eigenvalue weighted by Gasteiger charge is -2.26. The summed E-state index contributed by atoms with van der Waals surface area (Å²) in [6, 6.07) is 15.2. The maximum atomic E-state index is 12.5. The molecular formula is C19H24N2O4S. The maximum absolute atomic E-state index is 12.5. The van der Waals surface area contributed by atoms with Gasteiger partial charge in [0, 0.05) is 32.1 Å². The predicted octanol–water partition coefficient (Wildman–Crippen LogP) is 2.21. The van der Waals surface area contributed by atoms with Crippen molar-refractivity contribution in [3.8, 4) is 11.5 Å². The van der Waals surface area contributed by atoms with Crippen LogP contribution in [-0.2, 0) is 23.2 Å². The minimum absolute atomic E-state index is 0.0933. The highest BCUT2D eigenvalue weighted by atomic mass is 32.2. The lowest BCUT2D eigenvalue weighted by atomic mass is 9.97. The minimum Gasteiger partial charge on any atom is -0.497 e. The molecule has 26 heavy (non-hydrogen) atoms. The molecular weight excluding hydrogens is 352 g/mol. The van der Waals surface area contributed by atoms with Crippen molar-refractivity contribution in [3.05, 3.63) is 59.7 Å². The summed E-state index contributed by atoms with van der Waals surface area (Å²) in [6.07, 6.45) is 0.768. The highest BCUT2D eigenvalue weighted by Crippen LogP contribution is 2.30. The van der Waals surface area contributed by atoms with E-state index in [0.29, 0.717) is 19.7 Å². The van der Waals surface area contributed by atoms with E-state index < -0.39 is 10.2 Å². The van der Waals surface area contributed by atoms with Crippen molar-refractivity contribution in [2.45, 2.75) is 13.0 Å². The van der Waals surface area contributed by atoms with Crippen molar-refractivity contribution in [1.29, 1.82) is 0 Å². The number of hydrogen-bond donors (Lipinski definition) is 1. The van der Waals surface area contributed by atoms with Crippen LogP contribution >= 0.6 is 0 Å². The molecule has 2 aromatic carbocycles. The van der Waals surface area contributed by atoms with E-state index in [9.17, 15) is 8.42 Å². The van der Waals surface area contributed by atoms with E-state index >= 15 is 0 Å². The molecule has 3 rings (SSSR count). The van der Waals surface area contributed by atoms with Gasteiger partial charge in [0.2, 0.25) is 0 Å². The molecule has 6 nitrogen and oxygen atoms in total. The van der Waals surface area contributed by atoms with Crippen LogP contribution in [0.1, 0.15) is 11.1 Å². The Balaban J connectivity index is 1.56. The molecule has 0 saturated carbocycles. The Bertz CT molecular complexity index is 840. The summed E-state index contributed by atoms with van der Waals surface area (Å²) in [7, 11) is -0.341. The molecule has 1 N–H and O–H groups in total. The molecule has 1 atom stereocenters. The fraction of sp³-hybridized carbons (Fsp3) is 0.368. The lowest BCUT2D eigenvalue weighted by Crippen LogP contribution is -2.42. The summed E-state index contributed by atoms with van der Waals surface area (Å²) >= 11 is 0. The Morgan fingerprint density at radius 3 is 2.73 bits per heavy atom. The first-order chi connectivity index (χ1) is 12.5. The number of nitrogens with one attached hydrogen (secondary N) is 1. The maximum Gasteiger partial charge on any atom is 0.279 e. The normalized spacial score (nSPS) is 16.8. The predicted molar refractivity (Wildman–Crippen MR) is 101 cm³/mol. The average Bonchev–Trinajstić information content (AvgIpc) is 2.66. The van der Waals surface area contributed by atoms with Crippen LogP contribution in [0, 0.1) is 5.92 Å². The van der Waals surface area contributed by atoms with Gasteiger partial charge in [-0.25, -0.2) is 4.72 Å². The van der Waals surface area contributed by atoms with Gasteiger partial charge in [0.05, 0.1) is 13.7 Å². The molecule has 0 radical (unpaired) electrons. The smallest absolute Gasteiger partial charge is 0.279 e. The van der Waals surface area contributed by atoms with Crippen LogP contribution < -0.4 is 14.2 Å². The molecule has 0 aromatic heterocycles. The summed E-state index contributed by atoms with van der Waals surface area (Å²) in [4.78, 5) is 0. The zero-order chi connectivity index (χ0) is 18.6. The molecule has 1 heterocycles.